The van der Waals surface area contributed by atoms with Crippen molar-refractivity contribution in [3.05, 3.63) is 23.8 Å². The van der Waals surface area contributed by atoms with Gasteiger partial charge in [-0.25, -0.2) is 0 Å². The third-order valence-electron chi connectivity index (χ3n) is 3.35. The molecule has 108 valence electrons. The molecule has 0 aromatic heterocycles. The summed E-state index contributed by atoms with van der Waals surface area (Å²) in [5.41, 5.74) is 8.19. The number of nitrogen functional groups attached to an aromatic ring is 1. The Hall–Kier alpha value is -2.04. The molecule has 1 aliphatic heterocycles. The molecule has 0 fully saturated rings. The summed E-state index contributed by atoms with van der Waals surface area (Å²) < 4.78 is 5.11. The Bertz CT molecular complexity index is 514. The zero-order chi connectivity index (χ0) is 14.5. The van der Waals surface area contributed by atoms with Crippen molar-refractivity contribution in [3.63, 3.8) is 0 Å². The first-order valence-electron chi connectivity index (χ1n) is 6.96. The molecular weight excluding hydrogens is 256 g/mol. The summed E-state index contributed by atoms with van der Waals surface area (Å²) in [6.07, 6.45) is 2.88. The molecule has 5 nitrogen and oxygen atoms in total. The number of anilines is 2. The summed E-state index contributed by atoms with van der Waals surface area (Å²) in [4.78, 5) is 25.3. The minimum Gasteiger partial charge on any atom is -0.464 e. The van der Waals surface area contributed by atoms with Gasteiger partial charge in [-0.1, -0.05) is 13.3 Å². The monoisotopic (exact) mass is 276 g/mol. The second-order valence-electron chi connectivity index (χ2n) is 4.94. The van der Waals surface area contributed by atoms with Crippen LogP contribution in [-0.2, 0) is 20.7 Å². The van der Waals surface area contributed by atoms with Gasteiger partial charge in [0, 0.05) is 17.8 Å². The number of ether oxygens (including phenoxy) is 1. The molecule has 0 radical (unpaired) electrons. The molecule has 5 heteroatoms. The molecule has 0 saturated heterocycles. The van der Waals surface area contributed by atoms with E-state index < -0.39 is 0 Å². The largest absolute Gasteiger partial charge is 0.464 e. The Morgan fingerprint density at radius 1 is 1.40 bits per heavy atom. The van der Waals surface area contributed by atoms with E-state index in [1.165, 1.54) is 4.90 Å². The van der Waals surface area contributed by atoms with Crippen LogP contribution in [0.2, 0.25) is 0 Å². The third-order valence-corrected chi connectivity index (χ3v) is 3.35. The van der Waals surface area contributed by atoms with E-state index in [-0.39, 0.29) is 18.4 Å². The van der Waals surface area contributed by atoms with Crippen LogP contribution in [0, 0.1) is 0 Å². The first kappa shape index (κ1) is 14.4. The van der Waals surface area contributed by atoms with E-state index in [9.17, 15) is 9.59 Å². The molecular formula is C15H20N2O3. The van der Waals surface area contributed by atoms with E-state index in [0.717, 1.165) is 24.1 Å². The Kier molecular flexibility index (Phi) is 4.61. The molecule has 0 bridgehead atoms. The highest BCUT2D eigenvalue weighted by molar-refractivity contribution is 6.00. The second-order valence-corrected chi connectivity index (χ2v) is 4.94. The number of benzene rings is 1. The molecule has 0 unspecified atom stereocenters. The molecule has 20 heavy (non-hydrogen) atoms. The van der Waals surface area contributed by atoms with Gasteiger partial charge in [0.15, 0.2) is 0 Å². The lowest BCUT2D eigenvalue weighted by molar-refractivity contribution is -0.143. The number of nitrogens with two attached hydrogens (primary N) is 1. The number of esters is 1. The average molecular weight is 276 g/mol. The quantitative estimate of drug-likeness (QED) is 0.506. The maximum absolute atomic E-state index is 12.0. The fourth-order valence-corrected chi connectivity index (χ4v) is 2.26. The SMILES string of the molecule is CCCCOC(=O)CN1C(=O)CCc2cc(N)ccc21. The van der Waals surface area contributed by atoms with Crippen LogP contribution < -0.4 is 10.6 Å². The van der Waals surface area contributed by atoms with Crippen molar-refractivity contribution in [3.8, 4) is 0 Å². The van der Waals surface area contributed by atoms with Crippen LogP contribution >= 0.6 is 0 Å². The smallest absolute Gasteiger partial charge is 0.326 e. The Labute approximate surface area is 118 Å². The molecule has 1 aromatic carbocycles. The zero-order valence-corrected chi connectivity index (χ0v) is 11.7. The molecule has 0 saturated carbocycles. The van der Waals surface area contributed by atoms with Gasteiger partial charge in [0.1, 0.15) is 6.54 Å². The van der Waals surface area contributed by atoms with E-state index in [4.69, 9.17) is 10.5 Å². The van der Waals surface area contributed by atoms with Gasteiger partial charge in [-0.3, -0.25) is 9.59 Å². The van der Waals surface area contributed by atoms with Crippen LogP contribution in [0.4, 0.5) is 11.4 Å². The normalized spacial score (nSPS) is 14.1. The van der Waals surface area contributed by atoms with Crippen LogP contribution in [0.5, 0.6) is 0 Å². The first-order chi connectivity index (χ1) is 9.61. The van der Waals surface area contributed by atoms with Crippen LogP contribution in [0.1, 0.15) is 31.7 Å². The highest BCUT2D eigenvalue weighted by Crippen LogP contribution is 2.29. The summed E-state index contributed by atoms with van der Waals surface area (Å²) in [6, 6.07) is 5.39. The van der Waals surface area contributed by atoms with Gasteiger partial charge in [0.25, 0.3) is 0 Å². The van der Waals surface area contributed by atoms with Crippen LogP contribution in [0.15, 0.2) is 18.2 Å². The minimum absolute atomic E-state index is 0.0283. The van der Waals surface area contributed by atoms with Gasteiger partial charge < -0.3 is 15.4 Å². The predicted octanol–water partition coefficient (Wildman–Crippen LogP) is 1.89. The Morgan fingerprint density at radius 2 is 2.20 bits per heavy atom. The summed E-state index contributed by atoms with van der Waals surface area (Å²) in [6.45, 7) is 2.41. The summed E-state index contributed by atoms with van der Waals surface area (Å²) in [5.74, 6) is -0.411. The standard InChI is InChI=1S/C15H20N2O3/c1-2-3-8-20-15(19)10-17-13-6-5-12(16)9-11(13)4-7-14(17)18/h5-6,9H,2-4,7-8,10,16H2,1H3. The fourth-order valence-electron chi connectivity index (χ4n) is 2.26. The lowest BCUT2D eigenvalue weighted by Crippen LogP contribution is -2.39. The number of aryl methyl sites for hydroxylation is 1. The van der Waals surface area contributed by atoms with Crippen molar-refractivity contribution >= 4 is 23.3 Å². The molecule has 1 amide bonds. The van der Waals surface area contributed by atoms with Gasteiger partial charge in [-0.2, -0.15) is 0 Å². The molecule has 1 heterocycles. The van der Waals surface area contributed by atoms with E-state index in [2.05, 4.69) is 0 Å². The lowest BCUT2D eigenvalue weighted by atomic mass is 10.0. The van der Waals surface area contributed by atoms with Gasteiger partial charge in [-0.15, -0.1) is 0 Å². The number of carbonyl (C=O) groups excluding carboxylic acids is 2. The minimum atomic E-state index is -0.364. The molecule has 0 spiro atoms. The van der Waals surface area contributed by atoms with Crippen molar-refractivity contribution in [1.82, 2.24) is 0 Å². The average Bonchev–Trinajstić information content (AvgIpc) is 2.42. The number of hydrogen-bond donors (Lipinski definition) is 1. The first-order valence-corrected chi connectivity index (χ1v) is 6.96. The number of nitrogens with zero attached hydrogens (tertiary/aromatic N) is 1. The molecule has 1 aliphatic rings. The van der Waals surface area contributed by atoms with Gasteiger partial charge >= 0.3 is 5.97 Å². The fraction of sp³-hybridized carbons (Fsp3) is 0.467. The van der Waals surface area contributed by atoms with Crippen molar-refractivity contribution in [2.24, 2.45) is 0 Å². The maximum Gasteiger partial charge on any atom is 0.326 e. The van der Waals surface area contributed by atoms with Gasteiger partial charge in [0.2, 0.25) is 5.91 Å². The Balaban J connectivity index is 2.07. The van der Waals surface area contributed by atoms with Gasteiger partial charge in [-0.05, 0) is 36.6 Å². The number of fused-ring (bicyclic) bond motifs is 1. The molecule has 0 atom stereocenters. The highest BCUT2D eigenvalue weighted by atomic mass is 16.5. The molecule has 0 aliphatic carbocycles. The summed E-state index contributed by atoms with van der Waals surface area (Å²) >= 11 is 0. The van der Waals surface area contributed by atoms with E-state index in [1.807, 2.05) is 13.0 Å². The number of hydrogen-bond acceptors (Lipinski definition) is 4. The second kappa shape index (κ2) is 6.41. The Morgan fingerprint density at radius 3 is 2.95 bits per heavy atom. The molecule has 1 aromatic rings. The van der Waals surface area contributed by atoms with Crippen molar-refractivity contribution in [2.45, 2.75) is 32.6 Å². The predicted molar refractivity (Wildman–Crippen MR) is 77.4 cm³/mol. The number of unbranched alkanes of at least 4 members (excludes halogenated alkanes) is 1. The van der Waals surface area contributed by atoms with Crippen LogP contribution in [0.3, 0.4) is 0 Å². The lowest BCUT2D eigenvalue weighted by Gasteiger charge is -2.28. The van der Waals surface area contributed by atoms with Crippen LogP contribution in [-0.4, -0.2) is 25.0 Å². The number of amides is 1. The zero-order valence-electron chi connectivity index (χ0n) is 11.7. The van der Waals surface area contributed by atoms with Crippen molar-refractivity contribution in [1.29, 1.82) is 0 Å². The number of rotatable bonds is 5. The topological polar surface area (TPSA) is 72.6 Å². The van der Waals surface area contributed by atoms with E-state index in [1.54, 1.807) is 12.1 Å². The summed E-state index contributed by atoms with van der Waals surface area (Å²) in [5, 5.41) is 0. The van der Waals surface area contributed by atoms with E-state index in [0.29, 0.717) is 25.1 Å². The third kappa shape index (κ3) is 3.29. The molecule has 2 N–H and O–H groups in total. The van der Waals surface area contributed by atoms with E-state index >= 15 is 0 Å². The van der Waals surface area contributed by atoms with Crippen molar-refractivity contribution < 1.29 is 14.3 Å². The summed E-state index contributed by atoms with van der Waals surface area (Å²) in [7, 11) is 0. The van der Waals surface area contributed by atoms with Gasteiger partial charge in [0.05, 0.1) is 6.61 Å². The molecule has 2 rings (SSSR count). The van der Waals surface area contributed by atoms with Crippen LogP contribution in [0.25, 0.3) is 0 Å². The maximum atomic E-state index is 12.0. The van der Waals surface area contributed by atoms with Crippen molar-refractivity contribution in [2.75, 3.05) is 23.8 Å². The number of carbonyl (C=O) groups is 2. The highest BCUT2D eigenvalue weighted by Gasteiger charge is 2.26.